The second kappa shape index (κ2) is 4.77. The van der Waals surface area contributed by atoms with Gasteiger partial charge in [-0.2, -0.15) is 0 Å². The predicted molar refractivity (Wildman–Crippen MR) is 78.9 cm³/mol. The number of carbonyl (C=O) groups excluding carboxylic acids is 4. The number of amides is 4. The smallest absolute Gasteiger partial charge is 0.261 e. The number of hydrogen-bond donors (Lipinski definition) is 0. The fourth-order valence-electron chi connectivity index (χ4n) is 2.44. The van der Waals surface area contributed by atoms with Crippen LogP contribution in [0.15, 0.2) is 47.6 Å². The van der Waals surface area contributed by atoms with Crippen LogP contribution in [-0.4, -0.2) is 23.6 Å². The SMILES string of the molecule is CC1=CC(=O)N(c2cccc(N3C(=O)C=C(C)C3=O)c2)C1=O. The van der Waals surface area contributed by atoms with Gasteiger partial charge in [-0.15, -0.1) is 0 Å². The molecule has 2 aliphatic heterocycles. The van der Waals surface area contributed by atoms with Gasteiger partial charge in [0.25, 0.3) is 23.6 Å². The molecule has 0 saturated heterocycles. The summed E-state index contributed by atoms with van der Waals surface area (Å²) < 4.78 is 0. The van der Waals surface area contributed by atoms with Crippen LogP contribution in [0.3, 0.4) is 0 Å². The Morgan fingerprint density at radius 1 is 0.727 bits per heavy atom. The number of imide groups is 2. The van der Waals surface area contributed by atoms with Crippen molar-refractivity contribution in [1.82, 2.24) is 0 Å². The van der Waals surface area contributed by atoms with Crippen molar-refractivity contribution in [3.63, 3.8) is 0 Å². The van der Waals surface area contributed by atoms with Crippen molar-refractivity contribution in [2.24, 2.45) is 0 Å². The quantitative estimate of drug-likeness (QED) is 0.772. The van der Waals surface area contributed by atoms with Crippen LogP contribution in [0.25, 0.3) is 0 Å². The lowest BCUT2D eigenvalue weighted by atomic mass is 10.2. The molecule has 0 radical (unpaired) electrons. The second-order valence-electron chi connectivity index (χ2n) is 5.13. The van der Waals surface area contributed by atoms with Crippen molar-refractivity contribution in [2.75, 3.05) is 9.80 Å². The highest BCUT2D eigenvalue weighted by atomic mass is 16.2. The molecule has 6 nitrogen and oxygen atoms in total. The van der Waals surface area contributed by atoms with E-state index in [9.17, 15) is 19.2 Å². The largest absolute Gasteiger partial charge is 0.269 e. The maximum absolute atomic E-state index is 12.0. The van der Waals surface area contributed by atoms with Gasteiger partial charge < -0.3 is 0 Å². The summed E-state index contributed by atoms with van der Waals surface area (Å²) in [6.07, 6.45) is 2.51. The van der Waals surface area contributed by atoms with Crippen molar-refractivity contribution >= 4 is 35.0 Å². The van der Waals surface area contributed by atoms with Gasteiger partial charge in [0.05, 0.1) is 11.4 Å². The lowest BCUT2D eigenvalue weighted by Gasteiger charge is -2.19. The van der Waals surface area contributed by atoms with Crippen molar-refractivity contribution < 1.29 is 19.2 Å². The molecule has 2 heterocycles. The molecule has 0 atom stereocenters. The highest BCUT2D eigenvalue weighted by Gasteiger charge is 2.32. The molecule has 110 valence electrons. The van der Waals surface area contributed by atoms with Gasteiger partial charge in [-0.05, 0) is 32.0 Å². The van der Waals surface area contributed by atoms with Crippen molar-refractivity contribution in [3.8, 4) is 0 Å². The lowest BCUT2D eigenvalue weighted by Crippen LogP contribution is -2.32. The zero-order chi connectivity index (χ0) is 16.0. The lowest BCUT2D eigenvalue weighted by molar-refractivity contribution is -0.121. The van der Waals surface area contributed by atoms with Crippen molar-refractivity contribution in [3.05, 3.63) is 47.6 Å². The maximum atomic E-state index is 12.0. The third kappa shape index (κ3) is 1.96. The zero-order valence-electron chi connectivity index (χ0n) is 12.0. The van der Waals surface area contributed by atoms with Gasteiger partial charge in [-0.3, -0.25) is 19.2 Å². The molecule has 0 N–H and O–H groups in total. The monoisotopic (exact) mass is 296 g/mol. The Hall–Kier alpha value is -3.02. The molecule has 3 rings (SSSR count). The van der Waals surface area contributed by atoms with Crippen LogP contribution < -0.4 is 9.80 Å². The van der Waals surface area contributed by atoms with E-state index in [-0.39, 0.29) is 0 Å². The molecular weight excluding hydrogens is 284 g/mol. The summed E-state index contributed by atoms with van der Waals surface area (Å²) in [6, 6.07) is 6.23. The molecule has 4 amide bonds. The van der Waals surface area contributed by atoms with E-state index in [2.05, 4.69) is 0 Å². The minimum Gasteiger partial charge on any atom is -0.269 e. The van der Waals surface area contributed by atoms with Gasteiger partial charge in [0.1, 0.15) is 0 Å². The van der Waals surface area contributed by atoms with E-state index in [0.717, 1.165) is 9.80 Å². The van der Waals surface area contributed by atoms with Crippen LogP contribution in [0.4, 0.5) is 11.4 Å². The average Bonchev–Trinajstić information content (AvgIpc) is 2.86. The molecule has 0 spiro atoms. The molecule has 22 heavy (non-hydrogen) atoms. The highest BCUT2D eigenvalue weighted by Crippen LogP contribution is 2.29. The van der Waals surface area contributed by atoms with Crippen LogP contribution in [0.5, 0.6) is 0 Å². The Bertz CT molecular complexity index is 741. The number of rotatable bonds is 2. The van der Waals surface area contributed by atoms with E-state index in [4.69, 9.17) is 0 Å². The summed E-state index contributed by atoms with van der Waals surface area (Å²) in [5.74, 6) is -1.69. The molecule has 1 aromatic rings. The summed E-state index contributed by atoms with van der Waals surface area (Å²) >= 11 is 0. The molecule has 1 aromatic carbocycles. The van der Waals surface area contributed by atoms with Crippen molar-refractivity contribution in [1.29, 1.82) is 0 Å². The fourth-order valence-corrected chi connectivity index (χ4v) is 2.44. The third-order valence-corrected chi connectivity index (χ3v) is 3.55. The van der Waals surface area contributed by atoms with Crippen LogP contribution in [-0.2, 0) is 19.2 Å². The molecular formula is C16H12N2O4. The molecule has 0 aromatic heterocycles. The summed E-state index contributed by atoms with van der Waals surface area (Å²) in [4.78, 5) is 49.8. The number of benzene rings is 1. The van der Waals surface area contributed by atoms with E-state index < -0.39 is 23.6 Å². The third-order valence-electron chi connectivity index (χ3n) is 3.55. The Balaban J connectivity index is 1.99. The van der Waals surface area contributed by atoms with E-state index >= 15 is 0 Å². The first kappa shape index (κ1) is 13.9. The Morgan fingerprint density at radius 3 is 1.45 bits per heavy atom. The highest BCUT2D eigenvalue weighted by molar-refractivity contribution is 6.32. The standard InChI is InChI=1S/C16H12N2O4/c1-9-6-13(19)17(15(9)21)11-4-3-5-12(8-11)18-14(20)7-10(2)16(18)22/h3-8H,1-2H3. The van der Waals surface area contributed by atoms with Crippen LogP contribution in [0.1, 0.15) is 13.8 Å². The summed E-state index contributed by atoms with van der Waals surface area (Å²) in [5.41, 5.74) is 1.35. The first-order valence-corrected chi connectivity index (χ1v) is 6.63. The van der Waals surface area contributed by atoms with Gasteiger partial charge >= 0.3 is 0 Å². The van der Waals surface area contributed by atoms with Crippen LogP contribution in [0, 0.1) is 0 Å². The van der Waals surface area contributed by atoms with Gasteiger partial charge in [-0.1, -0.05) is 6.07 Å². The van der Waals surface area contributed by atoms with E-state index in [1.165, 1.54) is 18.2 Å². The minimum absolute atomic E-state index is 0.325. The van der Waals surface area contributed by atoms with Gasteiger partial charge in [0.2, 0.25) is 0 Å². The minimum atomic E-state index is -0.437. The topological polar surface area (TPSA) is 74.8 Å². The van der Waals surface area contributed by atoms with Gasteiger partial charge in [0, 0.05) is 23.3 Å². The van der Waals surface area contributed by atoms with Crippen LogP contribution >= 0.6 is 0 Å². The molecule has 6 heteroatoms. The summed E-state index contributed by atoms with van der Waals surface area (Å²) in [5, 5.41) is 0. The molecule has 2 aliphatic rings. The Kier molecular flexibility index (Phi) is 3.02. The van der Waals surface area contributed by atoms with Gasteiger partial charge in [0.15, 0.2) is 0 Å². The van der Waals surface area contributed by atoms with E-state index in [1.807, 2.05) is 0 Å². The molecule has 0 unspecified atom stereocenters. The molecule has 0 saturated carbocycles. The Labute approximate surface area is 126 Å². The Morgan fingerprint density at radius 2 is 1.14 bits per heavy atom. The number of nitrogens with zero attached hydrogens (tertiary/aromatic N) is 2. The van der Waals surface area contributed by atoms with E-state index in [1.54, 1.807) is 32.0 Å². The maximum Gasteiger partial charge on any atom is 0.261 e. The number of carbonyl (C=O) groups is 4. The number of hydrogen-bond acceptors (Lipinski definition) is 4. The van der Waals surface area contributed by atoms with Gasteiger partial charge in [-0.25, -0.2) is 9.80 Å². The molecule has 0 aliphatic carbocycles. The second-order valence-corrected chi connectivity index (χ2v) is 5.13. The molecule has 0 fully saturated rings. The first-order valence-electron chi connectivity index (χ1n) is 6.63. The van der Waals surface area contributed by atoms with E-state index in [0.29, 0.717) is 22.5 Å². The first-order chi connectivity index (χ1) is 10.4. The zero-order valence-corrected chi connectivity index (χ0v) is 12.0. The fraction of sp³-hybridized carbons (Fsp3) is 0.125. The predicted octanol–water partition coefficient (Wildman–Crippen LogP) is 1.33. The molecule has 0 bridgehead atoms. The summed E-state index contributed by atoms with van der Waals surface area (Å²) in [6.45, 7) is 3.12. The average molecular weight is 296 g/mol. The number of anilines is 2. The van der Waals surface area contributed by atoms with Crippen molar-refractivity contribution in [2.45, 2.75) is 13.8 Å². The summed E-state index contributed by atoms with van der Waals surface area (Å²) in [7, 11) is 0. The normalized spacial score (nSPS) is 18.3. The van der Waals surface area contributed by atoms with Crippen LogP contribution in [0.2, 0.25) is 0 Å².